The zero-order chi connectivity index (χ0) is 15.4. The highest BCUT2D eigenvalue weighted by molar-refractivity contribution is 8.00. The SMILES string of the molecule is CNCC1CCCN1C(=O)CSc1ccc2ccccc2c1. The first-order chi connectivity index (χ1) is 10.8. The van der Waals surface area contributed by atoms with Crippen molar-refractivity contribution in [2.24, 2.45) is 0 Å². The van der Waals surface area contributed by atoms with E-state index in [0.717, 1.165) is 30.8 Å². The standard InChI is InChI=1S/C18H22N2OS/c1-19-12-16-7-4-10-20(16)18(21)13-22-17-9-8-14-5-2-3-6-15(14)11-17/h2-3,5-6,8-9,11,16,19H,4,7,10,12-13H2,1H3. The average molecular weight is 314 g/mol. The summed E-state index contributed by atoms with van der Waals surface area (Å²) in [5, 5.41) is 5.66. The van der Waals surface area contributed by atoms with E-state index in [1.165, 1.54) is 10.8 Å². The fourth-order valence-electron chi connectivity index (χ4n) is 3.10. The van der Waals surface area contributed by atoms with Crippen LogP contribution >= 0.6 is 11.8 Å². The van der Waals surface area contributed by atoms with Crippen molar-refractivity contribution >= 4 is 28.4 Å². The molecule has 1 aliphatic heterocycles. The normalized spacial score (nSPS) is 18.0. The summed E-state index contributed by atoms with van der Waals surface area (Å²) in [5.41, 5.74) is 0. The van der Waals surface area contributed by atoms with Crippen LogP contribution in [0.3, 0.4) is 0 Å². The molecule has 1 heterocycles. The van der Waals surface area contributed by atoms with Gasteiger partial charge in [0.1, 0.15) is 0 Å². The summed E-state index contributed by atoms with van der Waals surface area (Å²) < 4.78 is 0. The number of hydrogen-bond donors (Lipinski definition) is 1. The number of nitrogens with one attached hydrogen (secondary N) is 1. The molecular weight excluding hydrogens is 292 g/mol. The number of rotatable bonds is 5. The smallest absolute Gasteiger partial charge is 0.233 e. The highest BCUT2D eigenvalue weighted by Crippen LogP contribution is 2.25. The molecule has 2 aromatic carbocycles. The molecule has 3 nitrogen and oxygen atoms in total. The van der Waals surface area contributed by atoms with Crippen molar-refractivity contribution in [3.05, 3.63) is 42.5 Å². The van der Waals surface area contributed by atoms with Crippen molar-refractivity contribution in [3.63, 3.8) is 0 Å². The lowest BCUT2D eigenvalue weighted by Gasteiger charge is -2.24. The minimum atomic E-state index is 0.260. The molecule has 4 heteroatoms. The Morgan fingerprint density at radius 1 is 1.27 bits per heavy atom. The van der Waals surface area contributed by atoms with Crippen LogP contribution in [0, 0.1) is 0 Å². The van der Waals surface area contributed by atoms with Crippen LogP contribution in [0.5, 0.6) is 0 Å². The molecule has 1 amide bonds. The summed E-state index contributed by atoms with van der Waals surface area (Å²) in [5.74, 6) is 0.786. The summed E-state index contributed by atoms with van der Waals surface area (Å²) in [6, 6.07) is 15.1. The number of likely N-dealkylation sites (tertiary alicyclic amines) is 1. The summed E-state index contributed by atoms with van der Waals surface area (Å²) in [4.78, 5) is 15.7. The molecule has 0 radical (unpaired) electrons. The quantitative estimate of drug-likeness (QED) is 0.861. The number of hydrogen-bond acceptors (Lipinski definition) is 3. The average Bonchev–Trinajstić information content (AvgIpc) is 3.01. The van der Waals surface area contributed by atoms with Crippen molar-refractivity contribution in [2.45, 2.75) is 23.8 Å². The third-order valence-corrected chi connectivity index (χ3v) is 5.20. The Balaban J connectivity index is 1.62. The lowest BCUT2D eigenvalue weighted by atomic mass is 10.1. The fraction of sp³-hybridized carbons (Fsp3) is 0.389. The van der Waals surface area contributed by atoms with Gasteiger partial charge in [-0.05, 0) is 42.8 Å². The van der Waals surface area contributed by atoms with Crippen LogP contribution in [0.4, 0.5) is 0 Å². The molecular formula is C18H22N2OS. The fourth-order valence-corrected chi connectivity index (χ4v) is 3.93. The molecule has 0 aromatic heterocycles. The number of nitrogens with zero attached hydrogens (tertiary/aromatic N) is 1. The van der Waals surface area contributed by atoms with Gasteiger partial charge >= 0.3 is 0 Å². The number of benzene rings is 2. The van der Waals surface area contributed by atoms with E-state index in [2.05, 4.69) is 41.7 Å². The van der Waals surface area contributed by atoms with E-state index >= 15 is 0 Å². The number of fused-ring (bicyclic) bond motifs is 1. The molecule has 0 bridgehead atoms. The van der Waals surface area contributed by atoms with Crippen molar-refractivity contribution in [2.75, 3.05) is 25.9 Å². The number of thioether (sulfide) groups is 1. The van der Waals surface area contributed by atoms with Crippen LogP contribution in [-0.4, -0.2) is 42.7 Å². The second kappa shape index (κ2) is 7.16. The van der Waals surface area contributed by atoms with E-state index in [1.807, 2.05) is 18.0 Å². The van der Waals surface area contributed by atoms with E-state index in [0.29, 0.717) is 11.8 Å². The maximum atomic E-state index is 12.4. The predicted octanol–water partition coefficient (Wildman–Crippen LogP) is 3.14. The van der Waals surface area contributed by atoms with Gasteiger partial charge in [0.05, 0.1) is 5.75 Å². The van der Waals surface area contributed by atoms with Gasteiger partial charge < -0.3 is 10.2 Å². The molecule has 1 unspecified atom stereocenters. The predicted molar refractivity (Wildman–Crippen MR) is 93.3 cm³/mol. The van der Waals surface area contributed by atoms with Gasteiger partial charge in [-0.3, -0.25) is 4.79 Å². The number of amides is 1. The van der Waals surface area contributed by atoms with Gasteiger partial charge in [-0.15, -0.1) is 11.8 Å². The molecule has 22 heavy (non-hydrogen) atoms. The molecule has 1 fully saturated rings. The third kappa shape index (κ3) is 3.45. The Labute approximate surface area is 136 Å². The zero-order valence-electron chi connectivity index (χ0n) is 12.9. The second-order valence-electron chi connectivity index (χ2n) is 5.74. The van der Waals surface area contributed by atoms with Crippen LogP contribution in [0.25, 0.3) is 10.8 Å². The number of likely N-dealkylation sites (N-methyl/N-ethyl adjacent to an activating group) is 1. The van der Waals surface area contributed by atoms with Gasteiger partial charge in [-0.2, -0.15) is 0 Å². The largest absolute Gasteiger partial charge is 0.338 e. The Kier molecular flexibility index (Phi) is 5.01. The first-order valence-corrected chi connectivity index (χ1v) is 8.82. The molecule has 0 aliphatic carbocycles. The minimum Gasteiger partial charge on any atom is -0.338 e. The zero-order valence-corrected chi connectivity index (χ0v) is 13.7. The Bertz CT molecular complexity index is 658. The summed E-state index contributed by atoms with van der Waals surface area (Å²) in [6.45, 7) is 1.80. The van der Waals surface area contributed by atoms with Crippen LogP contribution in [0.15, 0.2) is 47.4 Å². The van der Waals surface area contributed by atoms with E-state index in [9.17, 15) is 4.79 Å². The van der Waals surface area contributed by atoms with Crippen LogP contribution < -0.4 is 5.32 Å². The van der Waals surface area contributed by atoms with Gasteiger partial charge in [-0.25, -0.2) is 0 Å². The molecule has 1 N–H and O–H groups in total. The van der Waals surface area contributed by atoms with E-state index < -0.39 is 0 Å². The van der Waals surface area contributed by atoms with Crippen molar-refractivity contribution in [3.8, 4) is 0 Å². The Morgan fingerprint density at radius 2 is 2.09 bits per heavy atom. The molecule has 3 rings (SSSR count). The van der Waals surface area contributed by atoms with Gasteiger partial charge in [0.2, 0.25) is 5.91 Å². The molecule has 1 saturated heterocycles. The van der Waals surface area contributed by atoms with Crippen LogP contribution in [0.2, 0.25) is 0 Å². The molecule has 116 valence electrons. The first kappa shape index (κ1) is 15.4. The van der Waals surface area contributed by atoms with E-state index in [4.69, 9.17) is 0 Å². The molecule has 1 aliphatic rings. The van der Waals surface area contributed by atoms with Gasteiger partial charge in [-0.1, -0.05) is 30.3 Å². The van der Waals surface area contributed by atoms with Crippen LogP contribution in [0.1, 0.15) is 12.8 Å². The van der Waals surface area contributed by atoms with Crippen molar-refractivity contribution < 1.29 is 4.79 Å². The molecule has 1 atom stereocenters. The molecule has 0 saturated carbocycles. The minimum absolute atomic E-state index is 0.260. The Morgan fingerprint density at radius 3 is 2.91 bits per heavy atom. The molecule has 2 aromatic rings. The first-order valence-electron chi connectivity index (χ1n) is 7.83. The summed E-state index contributed by atoms with van der Waals surface area (Å²) in [6.07, 6.45) is 2.24. The lowest BCUT2D eigenvalue weighted by Crippen LogP contribution is -2.41. The topological polar surface area (TPSA) is 32.3 Å². The summed E-state index contributed by atoms with van der Waals surface area (Å²) in [7, 11) is 1.95. The van der Waals surface area contributed by atoms with Crippen molar-refractivity contribution in [1.82, 2.24) is 10.2 Å². The third-order valence-electron chi connectivity index (χ3n) is 4.22. The maximum absolute atomic E-state index is 12.4. The monoisotopic (exact) mass is 314 g/mol. The van der Waals surface area contributed by atoms with Gasteiger partial charge in [0.25, 0.3) is 0 Å². The van der Waals surface area contributed by atoms with E-state index in [1.54, 1.807) is 11.8 Å². The lowest BCUT2D eigenvalue weighted by molar-refractivity contribution is -0.129. The molecule has 0 spiro atoms. The van der Waals surface area contributed by atoms with Crippen LogP contribution in [-0.2, 0) is 4.79 Å². The maximum Gasteiger partial charge on any atom is 0.233 e. The van der Waals surface area contributed by atoms with E-state index in [-0.39, 0.29) is 5.91 Å². The second-order valence-corrected chi connectivity index (χ2v) is 6.79. The Hall–Kier alpha value is -1.52. The highest BCUT2D eigenvalue weighted by Gasteiger charge is 2.27. The summed E-state index contributed by atoms with van der Waals surface area (Å²) >= 11 is 1.64. The highest BCUT2D eigenvalue weighted by atomic mass is 32.2. The van der Waals surface area contributed by atoms with Gasteiger partial charge in [0.15, 0.2) is 0 Å². The van der Waals surface area contributed by atoms with Crippen molar-refractivity contribution in [1.29, 1.82) is 0 Å². The van der Waals surface area contributed by atoms with Gasteiger partial charge in [0, 0.05) is 24.0 Å². The number of carbonyl (C=O) groups excluding carboxylic acids is 1. The number of carbonyl (C=O) groups is 1.